The third kappa shape index (κ3) is 2.21. The Bertz CT molecular complexity index is 924. The maximum absolute atomic E-state index is 12.9. The summed E-state index contributed by atoms with van der Waals surface area (Å²) in [6.45, 7) is 0. The molecule has 3 nitrogen and oxygen atoms in total. The van der Waals surface area contributed by atoms with Crippen molar-refractivity contribution in [2.75, 3.05) is 0 Å². The maximum atomic E-state index is 12.9. The molecule has 0 saturated heterocycles. The Morgan fingerprint density at radius 2 is 1.71 bits per heavy atom. The molecular formula is C20H14N2OS. The Labute approximate surface area is 144 Å². The lowest BCUT2D eigenvalue weighted by Crippen LogP contribution is -2.29. The van der Waals surface area contributed by atoms with Gasteiger partial charge in [0.15, 0.2) is 5.78 Å². The summed E-state index contributed by atoms with van der Waals surface area (Å²) in [5.41, 5.74) is 3.40. The van der Waals surface area contributed by atoms with Crippen molar-refractivity contribution < 1.29 is 4.79 Å². The third-order valence-corrected chi connectivity index (χ3v) is 5.73. The molecule has 2 atom stereocenters. The van der Waals surface area contributed by atoms with E-state index in [1.807, 2.05) is 54.6 Å². The molecule has 2 aromatic rings. The predicted octanol–water partition coefficient (Wildman–Crippen LogP) is 4.32. The van der Waals surface area contributed by atoms with E-state index in [0.717, 1.165) is 16.0 Å². The van der Waals surface area contributed by atoms with Gasteiger partial charge in [0.2, 0.25) is 0 Å². The molecule has 4 heteroatoms. The van der Waals surface area contributed by atoms with E-state index in [4.69, 9.17) is 5.41 Å². The van der Waals surface area contributed by atoms with Gasteiger partial charge in [0, 0.05) is 22.0 Å². The van der Waals surface area contributed by atoms with Crippen LogP contribution in [0, 0.1) is 28.6 Å². The normalized spacial score (nSPS) is 22.1. The van der Waals surface area contributed by atoms with Crippen LogP contribution in [0.25, 0.3) is 4.91 Å². The van der Waals surface area contributed by atoms with Crippen LogP contribution in [0.2, 0.25) is 0 Å². The number of fused-ring (bicyclic) bond motifs is 2. The zero-order valence-electron chi connectivity index (χ0n) is 12.8. The molecule has 24 heavy (non-hydrogen) atoms. The average molecular weight is 330 g/mol. The Kier molecular flexibility index (Phi) is 3.59. The lowest BCUT2D eigenvalue weighted by molar-refractivity contribution is 0.102. The van der Waals surface area contributed by atoms with Crippen LogP contribution in [0.5, 0.6) is 0 Å². The van der Waals surface area contributed by atoms with Crippen LogP contribution >= 0.6 is 11.8 Å². The van der Waals surface area contributed by atoms with E-state index < -0.39 is 5.92 Å². The molecule has 1 aliphatic carbocycles. The fourth-order valence-electron chi connectivity index (χ4n) is 3.48. The third-order valence-electron chi connectivity index (χ3n) is 4.61. The standard InChI is InChI=1S/C20H14N2OS/c21-11-16-15(10-12-6-2-1-3-7-12)17-18(23)13-8-4-5-9-14(13)19(17)24-20(16)22/h1-9,15-16,22H,10H2/t15-,16-/m0/s1. The monoisotopic (exact) mass is 330 g/mol. The van der Waals surface area contributed by atoms with Crippen LogP contribution in [-0.4, -0.2) is 10.8 Å². The summed E-state index contributed by atoms with van der Waals surface area (Å²) in [5.74, 6) is -0.810. The van der Waals surface area contributed by atoms with E-state index in [-0.39, 0.29) is 11.7 Å². The molecule has 0 fully saturated rings. The van der Waals surface area contributed by atoms with Crippen LogP contribution in [0.15, 0.2) is 60.2 Å². The first kappa shape index (κ1) is 14.9. The van der Waals surface area contributed by atoms with Crippen molar-refractivity contribution in [1.82, 2.24) is 0 Å². The summed E-state index contributed by atoms with van der Waals surface area (Å²) in [6, 6.07) is 19.7. The van der Waals surface area contributed by atoms with Gasteiger partial charge in [-0.15, -0.1) is 0 Å². The lowest BCUT2D eigenvalue weighted by Gasteiger charge is -2.28. The van der Waals surface area contributed by atoms with Crippen molar-refractivity contribution in [2.45, 2.75) is 6.42 Å². The number of nitrogens with zero attached hydrogens (tertiary/aromatic N) is 1. The number of nitriles is 1. The second-order valence-corrected chi connectivity index (χ2v) is 7.04. The van der Waals surface area contributed by atoms with E-state index in [9.17, 15) is 10.1 Å². The first-order valence-corrected chi connectivity index (χ1v) is 8.60. The SMILES string of the molecule is N#C[C@@H]1C(=N)SC2=C(C(=O)c3ccccc32)[C@H]1Cc1ccccc1. The highest BCUT2D eigenvalue weighted by Gasteiger charge is 2.43. The van der Waals surface area contributed by atoms with Gasteiger partial charge in [-0.2, -0.15) is 5.26 Å². The number of ketones is 1. The highest BCUT2D eigenvalue weighted by molar-refractivity contribution is 8.21. The van der Waals surface area contributed by atoms with Gasteiger partial charge in [-0.05, 0) is 17.5 Å². The van der Waals surface area contributed by atoms with Crippen molar-refractivity contribution in [3.63, 3.8) is 0 Å². The number of hydrogen-bond acceptors (Lipinski definition) is 4. The van der Waals surface area contributed by atoms with Gasteiger partial charge in [-0.3, -0.25) is 10.2 Å². The molecule has 1 aliphatic heterocycles. The minimum absolute atomic E-state index is 0.0155. The van der Waals surface area contributed by atoms with Crippen molar-refractivity contribution in [3.05, 3.63) is 76.9 Å². The lowest BCUT2D eigenvalue weighted by atomic mass is 9.80. The fraction of sp³-hybridized carbons (Fsp3) is 0.150. The number of thioether (sulfide) groups is 1. The largest absolute Gasteiger partial charge is 0.297 e. The number of nitrogens with one attached hydrogen (secondary N) is 1. The first-order chi connectivity index (χ1) is 11.7. The highest BCUT2D eigenvalue weighted by atomic mass is 32.2. The fourth-order valence-corrected chi connectivity index (χ4v) is 4.68. The molecule has 4 rings (SSSR count). The number of carbonyl (C=O) groups is 1. The average Bonchev–Trinajstić information content (AvgIpc) is 2.89. The summed E-state index contributed by atoms with van der Waals surface area (Å²) in [4.78, 5) is 13.8. The van der Waals surface area contributed by atoms with E-state index in [1.165, 1.54) is 11.8 Å². The summed E-state index contributed by atoms with van der Waals surface area (Å²) < 4.78 is 0. The predicted molar refractivity (Wildman–Crippen MR) is 95.7 cm³/mol. The van der Waals surface area contributed by atoms with Gasteiger partial charge in [0.1, 0.15) is 5.92 Å². The number of allylic oxidation sites excluding steroid dienone is 1. The summed E-state index contributed by atoms with van der Waals surface area (Å²) in [7, 11) is 0. The van der Waals surface area contributed by atoms with E-state index >= 15 is 0 Å². The highest BCUT2D eigenvalue weighted by Crippen LogP contribution is 2.50. The van der Waals surface area contributed by atoms with E-state index in [1.54, 1.807) is 0 Å². The molecule has 0 unspecified atom stereocenters. The molecule has 0 bridgehead atoms. The summed E-state index contributed by atoms with van der Waals surface area (Å²) in [5, 5.41) is 18.2. The molecule has 0 spiro atoms. The van der Waals surface area contributed by atoms with Crippen LogP contribution in [0.1, 0.15) is 21.5 Å². The molecule has 116 valence electrons. The van der Waals surface area contributed by atoms with Gasteiger partial charge in [0.05, 0.1) is 11.1 Å². The van der Waals surface area contributed by atoms with Gasteiger partial charge in [-0.1, -0.05) is 66.4 Å². The van der Waals surface area contributed by atoms with Gasteiger partial charge in [0.25, 0.3) is 0 Å². The molecule has 0 amide bonds. The minimum atomic E-state index is -0.563. The molecule has 0 aromatic heterocycles. The molecule has 2 aromatic carbocycles. The van der Waals surface area contributed by atoms with Crippen LogP contribution < -0.4 is 0 Å². The Morgan fingerprint density at radius 1 is 1.04 bits per heavy atom. The zero-order valence-corrected chi connectivity index (χ0v) is 13.6. The molecule has 2 aliphatic rings. The summed E-state index contributed by atoms with van der Waals surface area (Å²) >= 11 is 1.27. The van der Waals surface area contributed by atoms with E-state index in [0.29, 0.717) is 22.6 Å². The van der Waals surface area contributed by atoms with Crippen molar-refractivity contribution in [1.29, 1.82) is 10.7 Å². The maximum Gasteiger partial charge on any atom is 0.191 e. The number of hydrogen-bond donors (Lipinski definition) is 1. The number of Topliss-reactive ketones (excluding diaryl/α,β-unsaturated/α-hetero) is 1. The zero-order chi connectivity index (χ0) is 16.7. The molecular weight excluding hydrogens is 316 g/mol. The first-order valence-electron chi connectivity index (χ1n) is 7.79. The van der Waals surface area contributed by atoms with Crippen molar-refractivity contribution in [2.24, 2.45) is 11.8 Å². The molecule has 1 N–H and O–H groups in total. The quantitative estimate of drug-likeness (QED) is 0.892. The Hall–Kier alpha value is -2.64. The molecule has 0 saturated carbocycles. The topological polar surface area (TPSA) is 64.7 Å². The second-order valence-electron chi connectivity index (χ2n) is 5.99. The van der Waals surface area contributed by atoms with Crippen molar-refractivity contribution >= 4 is 27.5 Å². The number of benzene rings is 2. The van der Waals surface area contributed by atoms with Crippen molar-refractivity contribution in [3.8, 4) is 6.07 Å². The molecule has 1 heterocycles. The van der Waals surface area contributed by atoms with Crippen LogP contribution in [-0.2, 0) is 6.42 Å². The van der Waals surface area contributed by atoms with Crippen LogP contribution in [0.4, 0.5) is 0 Å². The van der Waals surface area contributed by atoms with Gasteiger partial charge in [-0.25, -0.2) is 0 Å². The smallest absolute Gasteiger partial charge is 0.191 e. The Morgan fingerprint density at radius 3 is 2.42 bits per heavy atom. The van der Waals surface area contributed by atoms with E-state index in [2.05, 4.69) is 6.07 Å². The minimum Gasteiger partial charge on any atom is -0.297 e. The number of rotatable bonds is 2. The molecule has 0 radical (unpaired) electrons. The van der Waals surface area contributed by atoms with Gasteiger partial charge >= 0.3 is 0 Å². The van der Waals surface area contributed by atoms with Crippen LogP contribution in [0.3, 0.4) is 0 Å². The Balaban J connectivity index is 1.84. The second kappa shape index (κ2) is 5.77. The number of carbonyl (C=O) groups excluding carboxylic acids is 1. The van der Waals surface area contributed by atoms with Gasteiger partial charge < -0.3 is 0 Å². The summed E-state index contributed by atoms with van der Waals surface area (Å²) in [6.07, 6.45) is 0.598.